The third kappa shape index (κ3) is 7.67. The van der Waals surface area contributed by atoms with Gasteiger partial charge in [0.25, 0.3) is 5.24 Å². The molecule has 4 N–H and O–H groups in total. The fraction of sp³-hybridized carbons (Fsp3) is 0.581. The number of furan rings is 1. The Hall–Kier alpha value is -4.55. The lowest BCUT2D eigenvalue weighted by molar-refractivity contribution is -0.346. The third-order valence-electron chi connectivity index (χ3n) is 12.5. The van der Waals surface area contributed by atoms with E-state index < -0.39 is 117 Å². The van der Waals surface area contributed by atoms with Crippen LogP contribution in [0.2, 0.25) is 0 Å². The number of hydrogen-bond donors (Lipinski definition) is 4. The van der Waals surface area contributed by atoms with Crippen LogP contribution in [-0.2, 0) is 42.9 Å². The van der Waals surface area contributed by atoms with Crippen molar-refractivity contribution in [2.75, 3.05) is 6.61 Å². The number of rotatable bonds is 9. The van der Waals surface area contributed by atoms with Crippen molar-refractivity contribution in [1.82, 2.24) is 5.32 Å². The molecular formula is C43H53NO15S. The predicted octanol–water partition coefficient (Wildman–Crippen LogP) is 4.14. The molecule has 326 valence electrons. The number of esters is 4. The molecule has 2 saturated carbocycles. The van der Waals surface area contributed by atoms with Crippen molar-refractivity contribution in [2.45, 2.75) is 134 Å². The molecule has 16 nitrogen and oxygen atoms in total. The molecule has 60 heavy (non-hydrogen) atoms. The first-order valence-corrected chi connectivity index (χ1v) is 20.5. The molecular weight excluding hydrogens is 803 g/mol. The Morgan fingerprint density at radius 1 is 0.967 bits per heavy atom. The maximum absolute atomic E-state index is 15.4. The van der Waals surface area contributed by atoms with Crippen LogP contribution in [0, 0.1) is 16.7 Å². The van der Waals surface area contributed by atoms with Gasteiger partial charge in [-0.15, -0.1) is 0 Å². The summed E-state index contributed by atoms with van der Waals surface area (Å²) in [4.78, 5) is 82.7. The van der Waals surface area contributed by atoms with Gasteiger partial charge in [-0.3, -0.25) is 19.2 Å². The largest absolute Gasteiger partial charge is 0.467 e. The maximum Gasteiger partial charge on any atom is 0.338 e. The van der Waals surface area contributed by atoms with Crippen molar-refractivity contribution in [3.63, 3.8) is 0 Å². The molecule has 11 atom stereocenters. The van der Waals surface area contributed by atoms with Gasteiger partial charge in [0.15, 0.2) is 23.6 Å². The minimum atomic E-state index is -2.39. The SMILES string of the molecule is CC(=O)O[C@H]1C(=O)[C@@]2(C)C([C@H](OC(=O)c3ccccc3)[C@]3(O)C[C@H](OC(=O)[C@H](O)[C@@H](NC(=O)SC(C)(C)C)c4ccco4)C(C)=C1C3(C)C)[C@]1(OC(C)=O)CO[C@@H]1C[C@@H]2O. The number of thioether (sulfide) groups is 1. The molecule has 0 radical (unpaired) electrons. The number of aliphatic hydroxyl groups excluding tert-OH is 2. The van der Waals surface area contributed by atoms with Gasteiger partial charge in [0.05, 0.1) is 35.9 Å². The van der Waals surface area contributed by atoms with Crippen molar-refractivity contribution in [3.8, 4) is 0 Å². The van der Waals surface area contributed by atoms with Crippen molar-refractivity contribution >= 4 is 46.7 Å². The minimum Gasteiger partial charge on any atom is -0.467 e. The van der Waals surface area contributed by atoms with E-state index in [1.807, 2.05) is 0 Å². The van der Waals surface area contributed by atoms with Gasteiger partial charge < -0.3 is 48.7 Å². The van der Waals surface area contributed by atoms with Crippen LogP contribution in [0.3, 0.4) is 0 Å². The molecule has 1 unspecified atom stereocenters. The first-order valence-electron chi connectivity index (χ1n) is 19.7. The van der Waals surface area contributed by atoms with E-state index in [0.717, 1.165) is 25.6 Å². The van der Waals surface area contributed by atoms with E-state index in [4.69, 9.17) is 28.1 Å². The second kappa shape index (κ2) is 16.0. The highest BCUT2D eigenvalue weighted by Crippen LogP contribution is 2.64. The zero-order chi connectivity index (χ0) is 44.3. The van der Waals surface area contributed by atoms with Gasteiger partial charge >= 0.3 is 23.9 Å². The average Bonchev–Trinajstić information content (AvgIpc) is 3.69. The van der Waals surface area contributed by atoms with Crippen LogP contribution < -0.4 is 5.32 Å². The smallest absolute Gasteiger partial charge is 0.338 e. The van der Waals surface area contributed by atoms with Gasteiger partial charge in [0.1, 0.15) is 35.7 Å². The monoisotopic (exact) mass is 855 g/mol. The van der Waals surface area contributed by atoms with E-state index in [2.05, 4.69) is 5.32 Å². The van der Waals surface area contributed by atoms with E-state index >= 15 is 4.79 Å². The standard InChI is InChI=1S/C43H53NO15S/c1-21-26(57-37(51)31(48)30(25-16-13-17-54-25)44-38(52)60-39(4,5)6)19-43(53)35(58-36(50)24-14-11-10-12-15-24)33-41(9,27(47)18-28-42(33,20-55-28)59-23(3)46)34(49)32(56-22(2)45)29(21)40(43,7)8/h10-17,26-28,30-33,35,47-48,53H,18-20H2,1-9H3,(H,44,52)/t26-,27-,28+,30-,31+,32+,33?,35-,41+,42-,43+/m0/s1. The van der Waals surface area contributed by atoms with Crippen LogP contribution in [0.1, 0.15) is 97.3 Å². The molecule has 1 amide bonds. The van der Waals surface area contributed by atoms with Crippen molar-refractivity contribution < 1.29 is 72.2 Å². The molecule has 6 rings (SSSR count). The molecule has 0 spiro atoms. The number of carbonyl (C=O) groups excluding carboxylic acids is 6. The van der Waals surface area contributed by atoms with Gasteiger partial charge in [-0.25, -0.2) is 9.59 Å². The fourth-order valence-corrected chi connectivity index (χ4v) is 10.3. The fourth-order valence-electron chi connectivity index (χ4n) is 9.57. The quantitative estimate of drug-likeness (QED) is 0.158. The molecule has 3 aliphatic carbocycles. The number of aliphatic hydroxyl groups is 3. The number of Topliss-reactive ketones (excluding diaryl/α,β-unsaturated/α-hetero) is 1. The number of amides is 1. The van der Waals surface area contributed by atoms with Crippen LogP contribution in [0.5, 0.6) is 0 Å². The molecule has 17 heteroatoms. The number of nitrogens with one attached hydrogen (secondary N) is 1. The number of ketones is 1. The molecule has 1 aliphatic heterocycles. The lowest BCUT2D eigenvalue weighted by Gasteiger charge is -2.67. The molecule has 2 aromatic rings. The zero-order valence-corrected chi connectivity index (χ0v) is 35.8. The summed E-state index contributed by atoms with van der Waals surface area (Å²) in [5, 5.41) is 39.3. The normalized spacial score (nSPS) is 33.0. The lowest BCUT2D eigenvalue weighted by Crippen LogP contribution is -2.82. The highest BCUT2D eigenvalue weighted by Gasteiger charge is 2.78. The Kier molecular flexibility index (Phi) is 12.0. The second-order valence-corrected chi connectivity index (χ2v) is 19.6. The summed E-state index contributed by atoms with van der Waals surface area (Å²) in [5.74, 6) is -6.27. The first-order chi connectivity index (χ1) is 27.9. The number of fused-ring (bicyclic) bond motifs is 5. The molecule has 1 aromatic heterocycles. The number of benzene rings is 1. The van der Waals surface area contributed by atoms with Crippen LogP contribution in [0.15, 0.2) is 64.3 Å². The summed E-state index contributed by atoms with van der Waals surface area (Å²) in [7, 11) is 0. The maximum atomic E-state index is 15.4. The van der Waals surface area contributed by atoms with Gasteiger partial charge in [0, 0.05) is 36.9 Å². The summed E-state index contributed by atoms with van der Waals surface area (Å²) in [6.07, 6.45) is -9.29. The van der Waals surface area contributed by atoms with Crippen molar-refractivity contribution in [1.29, 1.82) is 0 Å². The Bertz CT molecular complexity index is 2060. The highest BCUT2D eigenvalue weighted by atomic mass is 32.2. The topological polar surface area (TPSA) is 234 Å². The highest BCUT2D eigenvalue weighted by molar-refractivity contribution is 8.14. The van der Waals surface area contributed by atoms with Crippen LogP contribution in [0.4, 0.5) is 4.79 Å². The van der Waals surface area contributed by atoms with E-state index in [9.17, 15) is 39.3 Å². The van der Waals surface area contributed by atoms with Gasteiger partial charge in [-0.05, 0) is 49.3 Å². The first kappa shape index (κ1) is 45.0. The minimum absolute atomic E-state index is 0.0117. The van der Waals surface area contributed by atoms with E-state index in [-0.39, 0.29) is 35.5 Å². The van der Waals surface area contributed by atoms with Crippen LogP contribution in [0.25, 0.3) is 0 Å². The van der Waals surface area contributed by atoms with Gasteiger partial charge in [0.2, 0.25) is 0 Å². The molecule has 3 fully saturated rings. The number of carbonyl (C=O) groups is 6. The van der Waals surface area contributed by atoms with Crippen LogP contribution >= 0.6 is 11.8 Å². The van der Waals surface area contributed by atoms with Crippen molar-refractivity contribution in [3.05, 3.63) is 71.2 Å². The molecule has 2 bridgehead atoms. The second-order valence-electron chi connectivity index (χ2n) is 17.8. The Morgan fingerprint density at radius 3 is 2.18 bits per heavy atom. The molecule has 4 aliphatic rings. The Balaban J connectivity index is 1.54. The van der Waals surface area contributed by atoms with Crippen LogP contribution in [-0.4, -0.2) is 109 Å². The molecule has 1 aromatic carbocycles. The Labute approximate surface area is 351 Å². The average molecular weight is 856 g/mol. The van der Waals surface area contributed by atoms with Gasteiger partial charge in [-0.2, -0.15) is 0 Å². The van der Waals surface area contributed by atoms with E-state index in [1.165, 1.54) is 44.4 Å². The van der Waals surface area contributed by atoms with E-state index in [0.29, 0.717) is 0 Å². The van der Waals surface area contributed by atoms with Crippen molar-refractivity contribution in [2.24, 2.45) is 16.7 Å². The zero-order valence-electron chi connectivity index (χ0n) is 35.0. The van der Waals surface area contributed by atoms with E-state index in [1.54, 1.807) is 52.8 Å². The third-order valence-corrected chi connectivity index (χ3v) is 13.4. The summed E-state index contributed by atoms with van der Waals surface area (Å²) in [5.41, 5.74) is -7.67. The summed E-state index contributed by atoms with van der Waals surface area (Å²) >= 11 is 0.920. The Morgan fingerprint density at radius 2 is 1.63 bits per heavy atom. The number of ether oxygens (including phenoxy) is 5. The van der Waals surface area contributed by atoms with Gasteiger partial charge in [-0.1, -0.05) is 64.6 Å². The molecule has 1 saturated heterocycles. The molecule has 2 heterocycles. The summed E-state index contributed by atoms with van der Waals surface area (Å²) in [6.45, 7) is 13.3. The summed E-state index contributed by atoms with van der Waals surface area (Å²) < 4.78 is 35.1. The number of hydrogen-bond acceptors (Lipinski definition) is 16. The lowest BCUT2D eigenvalue weighted by atomic mass is 9.44. The predicted molar refractivity (Wildman–Crippen MR) is 212 cm³/mol. The summed E-state index contributed by atoms with van der Waals surface area (Å²) in [6, 6.07) is 9.34.